The molecule has 0 aromatic rings. The smallest absolute Gasteiger partial charge is 0.380 e. The Morgan fingerprint density at radius 3 is 1.48 bits per heavy atom. The third kappa shape index (κ3) is 4.17. The van der Waals surface area contributed by atoms with E-state index in [1.165, 1.54) is 0 Å². The molecule has 1 nitrogen and oxygen atoms in total. The van der Waals surface area contributed by atoms with Crippen LogP contribution in [0.5, 0.6) is 0 Å². The Balaban J connectivity index is 4.93. The summed E-state index contributed by atoms with van der Waals surface area (Å²) >= 11 is 0. The van der Waals surface area contributed by atoms with Crippen LogP contribution in [-0.4, -0.2) is 42.1 Å². The first-order chi connectivity index (χ1) is 9.37. The topological polar surface area (TPSA) is 20.2 Å². The Hall–Kier alpha value is -0.670. The molecule has 0 amide bonds. The predicted octanol–water partition coefficient (Wildman–Crippen LogP) is 4.44. The lowest BCUT2D eigenvalue weighted by Gasteiger charge is -2.36. The summed E-state index contributed by atoms with van der Waals surface area (Å²) in [5.41, 5.74) is 0. The van der Waals surface area contributed by atoms with Crippen LogP contribution in [0, 0.1) is 0 Å². The van der Waals surface area contributed by atoms with Gasteiger partial charge in [0.1, 0.15) is 6.61 Å². The SMILES string of the molecule is OCC(F)(F)C(F)(F)C(F)(F)C(F)(F)CCCCCCF. The minimum Gasteiger partial charge on any atom is -0.390 e. The van der Waals surface area contributed by atoms with Gasteiger partial charge in [-0.05, 0) is 12.8 Å². The largest absolute Gasteiger partial charge is 0.390 e. The minimum absolute atomic E-state index is 0.000702. The maximum Gasteiger partial charge on any atom is 0.380 e. The molecule has 0 aliphatic heterocycles. The molecule has 0 spiro atoms. The molecule has 0 atom stereocenters. The molecule has 0 heterocycles. The summed E-state index contributed by atoms with van der Waals surface area (Å²) in [5.74, 6) is -23.8. The van der Waals surface area contributed by atoms with E-state index < -0.39 is 49.8 Å². The average molecular weight is 334 g/mol. The highest BCUT2D eigenvalue weighted by Crippen LogP contribution is 2.53. The highest BCUT2D eigenvalue weighted by atomic mass is 19.4. The van der Waals surface area contributed by atoms with Gasteiger partial charge in [-0.15, -0.1) is 0 Å². The molecular formula is C11H15F9O. The fourth-order valence-corrected chi connectivity index (χ4v) is 1.51. The zero-order chi connectivity index (χ0) is 16.9. The highest BCUT2D eigenvalue weighted by molar-refractivity contribution is 5.03. The fourth-order valence-electron chi connectivity index (χ4n) is 1.51. The van der Waals surface area contributed by atoms with Crippen LogP contribution in [0.4, 0.5) is 39.5 Å². The van der Waals surface area contributed by atoms with Crippen LogP contribution in [-0.2, 0) is 0 Å². The normalized spacial score (nSPS) is 14.6. The van der Waals surface area contributed by atoms with E-state index in [0.717, 1.165) is 0 Å². The van der Waals surface area contributed by atoms with Crippen LogP contribution < -0.4 is 0 Å². The molecule has 0 aliphatic carbocycles. The van der Waals surface area contributed by atoms with Crippen molar-refractivity contribution < 1.29 is 44.6 Å². The Labute approximate surface area is 115 Å². The third-order valence-electron chi connectivity index (χ3n) is 2.89. The summed E-state index contributed by atoms with van der Waals surface area (Å²) < 4.78 is 115. The van der Waals surface area contributed by atoms with E-state index in [4.69, 9.17) is 5.11 Å². The van der Waals surface area contributed by atoms with Gasteiger partial charge in [-0.2, -0.15) is 35.1 Å². The number of aliphatic hydroxyl groups excluding tert-OH is 1. The molecule has 0 rings (SSSR count). The van der Waals surface area contributed by atoms with E-state index in [1.54, 1.807) is 0 Å². The fraction of sp³-hybridized carbons (Fsp3) is 1.00. The molecule has 10 heteroatoms. The van der Waals surface area contributed by atoms with Gasteiger partial charge in [0.2, 0.25) is 0 Å². The van der Waals surface area contributed by atoms with E-state index in [-0.39, 0.29) is 19.3 Å². The summed E-state index contributed by atoms with van der Waals surface area (Å²) in [6, 6.07) is 0. The van der Waals surface area contributed by atoms with Gasteiger partial charge in [-0.1, -0.05) is 12.8 Å². The standard InChI is InChI=1S/C11H15F9O/c12-6-4-2-1-3-5-8(13,14)10(17,18)11(19,20)9(15,16)7-21/h21H,1-7H2. The quantitative estimate of drug-likeness (QED) is 0.463. The molecule has 0 aliphatic rings. The third-order valence-corrected chi connectivity index (χ3v) is 2.89. The predicted molar refractivity (Wildman–Crippen MR) is 55.9 cm³/mol. The number of aliphatic hydroxyl groups is 1. The van der Waals surface area contributed by atoms with Gasteiger partial charge >= 0.3 is 23.7 Å². The van der Waals surface area contributed by atoms with Crippen molar-refractivity contribution in [3.63, 3.8) is 0 Å². The molecule has 0 saturated carbocycles. The number of hydrogen-bond acceptors (Lipinski definition) is 1. The lowest BCUT2D eigenvalue weighted by molar-refractivity contribution is -0.371. The van der Waals surface area contributed by atoms with E-state index in [2.05, 4.69) is 0 Å². The Morgan fingerprint density at radius 1 is 0.619 bits per heavy atom. The first kappa shape index (κ1) is 20.3. The van der Waals surface area contributed by atoms with Crippen molar-refractivity contribution in [2.45, 2.75) is 55.8 Å². The van der Waals surface area contributed by atoms with Crippen LogP contribution in [0.1, 0.15) is 32.1 Å². The van der Waals surface area contributed by atoms with Gasteiger partial charge in [0.25, 0.3) is 0 Å². The summed E-state index contributed by atoms with van der Waals surface area (Å²) in [7, 11) is 0. The second-order valence-corrected chi connectivity index (χ2v) is 4.57. The lowest BCUT2D eigenvalue weighted by Crippen LogP contribution is -2.63. The number of alkyl halides is 9. The van der Waals surface area contributed by atoms with Crippen molar-refractivity contribution >= 4 is 0 Å². The molecule has 21 heavy (non-hydrogen) atoms. The summed E-state index contributed by atoms with van der Waals surface area (Å²) in [5, 5.41) is 7.99. The van der Waals surface area contributed by atoms with Crippen molar-refractivity contribution in [2.24, 2.45) is 0 Å². The van der Waals surface area contributed by atoms with Crippen LogP contribution in [0.2, 0.25) is 0 Å². The van der Waals surface area contributed by atoms with Crippen molar-refractivity contribution in [1.82, 2.24) is 0 Å². The van der Waals surface area contributed by atoms with Crippen molar-refractivity contribution in [1.29, 1.82) is 0 Å². The summed E-state index contributed by atoms with van der Waals surface area (Å²) in [6.45, 7) is -3.44. The van der Waals surface area contributed by atoms with Crippen LogP contribution in [0.3, 0.4) is 0 Å². The van der Waals surface area contributed by atoms with Crippen molar-refractivity contribution in [3.05, 3.63) is 0 Å². The first-order valence-electron chi connectivity index (χ1n) is 6.05. The van der Waals surface area contributed by atoms with Gasteiger partial charge in [0.15, 0.2) is 0 Å². The number of hydrogen-bond donors (Lipinski definition) is 1. The van der Waals surface area contributed by atoms with E-state index in [0.29, 0.717) is 0 Å². The van der Waals surface area contributed by atoms with Crippen molar-refractivity contribution in [2.75, 3.05) is 13.3 Å². The Kier molecular flexibility index (Phi) is 6.83. The van der Waals surface area contributed by atoms with Gasteiger partial charge in [-0.3, -0.25) is 4.39 Å². The maximum atomic E-state index is 13.2. The Morgan fingerprint density at radius 2 is 1.05 bits per heavy atom. The average Bonchev–Trinajstić information content (AvgIpc) is 2.37. The summed E-state index contributed by atoms with van der Waals surface area (Å²) in [6.07, 6.45) is -2.44. The van der Waals surface area contributed by atoms with E-state index in [1.807, 2.05) is 0 Å². The molecule has 0 bridgehead atoms. The zero-order valence-electron chi connectivity index (χ0n) is 10.8. The highest BCUT2D eigenvalue weighted by Gasteiger charge is 2.79. The van der Waals surface area contributed by atoms with Crippen molar-refractivity contribution in [3.8, 4) is 0 Å². The number of halogens is 9. The first-order valence-corrected chi connectivity index (χ1v) is 6.05. The minimum atomic E-state index is -6.41. The molecular weight excluding hydrogens is 319 g/mol. The number of unbranched alkanes of at least 4 members (excludes halogenated alkanes) is 3. The molecule has 0 radical (unpaired) electrons. The molecule has 1 N–H and O–H groups in total. The molecule has 0 fully saturated rings. The number of rotatable bonds is 10. The van der Waals surface area contributed by atoms with Gasteiger partial charge in [0, 0.05) is 6.42 Å². The second-order valence-electron chi connectivity index (χ2n) is 4.57. The van der Waals surface area contributed by atoms with Gasteiger partial charge in [-0.25, -0.2) is 0 Å². The van der Waals surface area contributed by atoms with Gasteiger partial charge in [0.05, 0.1) is 6.67 Å². The van der Waals surface area contributed by atoms with Crippen LogP contribution in [0.15, 0.2) is 0 Å². The molecule has 0 aromatic heterocycles. The van der Waals surface area contributed by atoms with E-state index in [9.17, 15) is 39.5 Å². The summed E-state index contributed by atoms with van der Waals surface area (Å²) in [4.78, 5) is 0. The molecule has 0 unspecified atom stereocenters. The lowest BCUT2D eigenvalue weighted by atomic mass is 9.95. The maximum absolute atomic E-state index is 13.2. The van der Waals surface area contributed by atoms with Crippen LogP contribution >= 0.6 is 0 Å². The monoisotopic (exact) mass is 334 g/mol. The molecule has 0 saturated heterocycles. The van der Waals surface area contributed by atoms with Gasteiger partial charge < -0.3 is 5.11 Å². The molecule has 0 aromatic carbocycles. The molecule has 128 valence electrons. The Bertz CT molecular complexity index is 317. The zero-order valence-corrected chi connectivity index (χ0v) is 10.8. The van der Waals surface area contributed by atoms with Crippen LogP contribution in [0.25, 0.3) is 0 Å². The second kappa shape index (κ2) is 7.06. The van der Waals surface area contributed by atoms with E-state index >= 15 is 0 Å².